The fraction of sp³-hybridized carbons (Fsp3) is 0.100. The summed E-state index contributed by atoms with van der Waals surface area (Å²) in [6.45, 7) is 11.7. The molecular formula is C80H64N4OPtSi-2. The van der Waals surface area contributed by atoms with Crippen LogP contribution in [-0.4, -0.2) is 22.2 Å². The molecule has 0 aliphatic heterocycles. The molecule has 3 aromatic heterocycles. The number of imidazole rings is 1. The Morgan fingerprint density at radius 2 is 1.07 bits per heavy atom. The standard InChI is InChI=1S/C80H64N4OSi.Pt/c1-79(2,3)61-46-47-81-77(51-61)84-73-41-23-22-38-70(73)71-44-42-64(53-75(71)84)85-63-31-24-30-62(52-63)82-55-83(74-45-43-68(54-76(74)82)86(65-32-16-9-17-33-65,66-34-18-10-19-35-66)67-36-20-11-21-37-67)78-69(39-25-40-72(78)80(4,5)6)60-49-58(56-26-12-7-13-27-56)48-59(50-60)57-28-14-8-15-29-57;/h7-51,54H,1-6H3;/q-2;/i7D,8D,9D,10D,11D,12D,13D,14D,15D,16D,17D,18D,19D,20D,21D,26D,27D,28D,29D,32D,33D,34D,35D,36D,37D,48D,49D,50D;. The molecule has 0 bridgehead atoms. The number of nitrogens with zero attached hydrogens (tertiary/aromatic N) is 4. The molecule has 426 valence electrons. The Kier molecular flexibility index (Phi) is 8.73. The molecule has 0 unspecified atom stereocenters. The number of aromatic nitrogens is 4. The third-order valence-corrected chi connectivity index (χ3v) is 19.1. The molecule has 0 saturated carbocycles. The summed E-state index contributed by atoms with van der Waals surface area (Å²) in [6.07, 6.45) is 5.16. The van der Waals surface area contributed by atoms with Crippen molar-refractivity contribution in [1.29, 1.82) is 0 Å². The first-order valence-electron chi connectivity index (χ1n) is 41.3. The number of fused-ring (bicyclic) bond motifs is 4. The van der Waals surface area contributed by atoms with Crippen molar-refractivity contribution in [2.45, 2.75) is 52.4 Å². The monoisotopic (exact) mass is 1350 g/mol. The van der Waals surface area contributed by atoms with Crippen molar-refractivity contribution in [2.24, 2.45) is 0 Å². The van der Waals surface area contributed by atoms with Gasteiger partial charge in [0.2, 0.25) is 0 Å². The molecule has 7 heteroatoms. The Bertz CT molecular complexity index is 6160. The van der Waals surface area contributed by atoms with E-state index in [9.17, 15) is 26.0 Å². The van der Waals surface area contributed by atoms with E-state index >= 15 is 0 Å². The third-order valence-electron chi connectivity index (χ3n) is 14.9. The summed E-state index contributed by atoms with van der Waals surface area (Å²) in [5.41, 5.74) is -2.02. The zero-order valence-corrected chi connectivity index (χ0v) is 50.7. The molecule has 5 nitrogen and oxygen atoms in total. The second-order valence-corrected chi connectivity index (χ2v) is 25.8. The van der Waals surface area contributed by atoms with E-state index in [1.807, 2.05) is 67.8 Å². The van der Waals surface area contributed by atoms with Crippen molar-refractivity contribution in [3.63, 3.8) is 0 Å². The quantitative estimate of drug-likeness (QED) is 0.0529. The van der Waals surface area contributed by atoms with Crippen molar-refractivity contribution < 1.29 is 68.8 Å². The van der Waals surface area contributed by atoms with E-state index in [0.717, 1.165) is 21.9 Å². The van der Waals surface area contributed by atoms with Gasteiger partial charge >= 0.3 is 0 Å². The Morgan fingerprint density at radius 3 is 1.68 bits per heavy atom. The molecule has 0 amide bonds. The number of pyridine rings is 1. The Balaban J connectivity index is 0.0000115. The van der Waals surface area contributed by atoms with E-state index in [1.54, 1.807) is 42.6 Å². The van der Waals surface area contributed by atoms with Crippen LogP contribution in [0.15, 0.2) is 279 Å². The average molecular weight is 1350 g/mol. The van der Waals surface area contributed by atoms with Gasteiger partial charge in [-0.25, -0.2) is 4.98 Å². The number of para-hydroxylation sites is 2. The van der Waals surface area contributed by atoms with Crippen LogP contribution in [0.4, 0.5) is 0 Å². The Labute approximate surface area is 565 Å². The van der Waals surface area contributed by atoms with E-state index in [0.29, 0.717) is 16.9 Å². The fourth-order valence-electron chi connectivity index (χ4n) is 10.9. The van der Waals surface area contributed by atoms with Gasteiger partial charge in [0.05, 0.1) is 55.1 Å². The van der Waals surface area contributed by atoms with Crippen LogP contribution in [0, 0.1) is 18.5 Å². The van der Waals surface area contributed by atoms with E-state index in [-0.39, 0.29) is 71.1 Å². The van der Waals surface area contributed by atoms with Crippen LogP contribution < -0.4 is 30.1 Å². The van der Waals surface area contributed by atoms with E-state index in [1.165, 1.54) is 33.4 Å². The molecule has 0 fully saturated rings. The van der Waals surface area contributed by atoms with Gasteiger partial charge in [-0.3, -0.25) is 4.57 Å². The number of hydrogen-bond donors (Lipinski definition) is 0. The molecule has 0 aliphatic rings. The third kappa shape index (κ3) is 10.5. The summed E-state index contributed by atoms with van der Waals surface area (Å²) < 4.78 is 274. The predicted molar refractivity (Wildman–Crippen MR) is 357 cm³/mol. The van der Waals surface area contributed by atoms with Crippen molar-refractivity contribution in [3.8, 4) is 62.1 Å². The molecule has 0 saturated heterocycles. The molecular weight excluding hydrogens is 1260 g/mol. The molecule has 14 rings (SSSR count). The summed E-state index contributed by atoms with van der Waals surface area (Å²) in [6, 6.07) is 9.10. The van der Waals surface area contributed by atoms with E-state index in [4.69, 9.17) is 22.1 Å². The van der Waals surface area contributed by atoms with Gasteiger partial charge in [0.1, 0.15) is 5.82 Å². The Hall–Kier alpha value is -9.45. The maximum atomic E-state index is 10.4. The van der Waals surface area contributed by atoms with Gasteiger partial charge in [-0.2, -0.15) is 18.2 Å². The summed E-state index contributed by atoms with van der Waals surface area (Å²) in [5, 5.41) is -0.998. The molecule has 87 heavy (non-hydrogen) atoms. The van der Waals surface area contributed by atoms with Gasteiger partial charge in [0, 0.05) is 44.3 Å². The van der Waals surface area contributed by atoms with Gasteiger partial charge < -0.3 is 13.9 Å². The molecule has 0 aliphatic carbocycles. The van der Waals surface area contributed by atoms with Crippen molar-refractivity contribution in [2.75, 3.05) is 0 Å². The van der Waals surface area contributed by atoms with Crippen LogP contribution in [-0.2, 0) is 31.9 Å². The molecule has 14 aromatic rings. The summed E-state index contributed by atoms with van der Waals surface area (Å²) in [5.74, 6) is 0.812. The van der Waals surface area contributed by atoms with E-state index < -0.39 is 226 Å². The minimum atomic E-state index is -5.90. The number of ether oxygens (including phenoxy) is 1. The van der Waals surface area contributed by atoms with Crippen LogP contribution >= 0.6 is 0 Å². The number of rotatable bonds is 12. The van der Waals surface area contributed by atoms with Crippen LogP contribution in [0.1, 0.15) is 91.1 Å². The first kappa shape index (κ1) is 32.9. The number of hydrogen-bond acceptors (Lipinski definition) is 2. The second kappa shape index (κ2) is 23.1. The van der Waals surface area contributed by atoms with Crippen LogP contribution in [0.5, 0.6) is 11.5 Å². The SMILES string of the molecule is [2H]c1c([2H])c([2H])c(-c2c([2H])c(-c3cccc(C(C)(C)C)c3-[n+]3[c-]n(-c4[c-]c(Oc5[c-]c6c(cc5)c5ccccc5n6-c5cc(C(C)(C)C)ccn5)ccc4)c4cc([Si](c5c([2H])c([2H])c([2H])c([2H])c5[2H])(c5c([2H])c([2H])c([2H])c([2H])c5[2H])c5c([2H])c([2H])c([2H])c([2H])c5[2H])ccc43)c([2H])c(-c3c([2H])c([2H])c([2H])c([2H])c3[2H])c2[2H])c([2H])c1[2H].[Pt]. The minimum absolute atomic E-state index is 0. The fourth-order valence-corrected chi connectivity index (χ4v) is 14.7. The van der Waals surface area contributed by atoms with Crippen molar-refractivity contribution >= 4 is 61.7 Å². The topological polar surface area (TPSA) is 35.9 Å². The maximum Gasteiger partial charge on any atom is 0.268 e. The van der Waals surface area contributed by atoms with Gasteiger partial charge in [-0.05, 0) is 123 Å². The van der Waals surface area contributed by atoms with E-state index in [2.05, 4.69) is 39.2 Å². The minimum Gasteiger partial charge on any atom is -0.510 e. The largest absolute Gasteiger partial charge is 0.510 e. The smallest absolute Gasteiger partial charge is 0.268 e. The first-order chi connectivity index (χ1) is 53.5. The molecule has 11 aromatic carbocycles. The molecule has 0 N–H and O–H groups in total. The Morgan fingerprint density at radius 1 is 0.494 bits per heavy atom. The average Bonchev–Trinajstić information content (AvgIpc) is 1.16. The summed E-state index contributed by atoms with van der Waals surface area (Å²) in [4.78, 5) is 4.82. The summed E-state index contributed by atoms with van der Waals surface area (Å²) in [7, 11) is -5.90. The van der Waals surface area contributed by atoms with Gasteiger partial charge in [0.25, 0.3) is 6.33 Å². The van der Waals surface area contributed by atoms with Crippen molar-refractivity contribution in [3.05, 3.63) is 308 Å². The molecule has 0 atom stereocenters. The van der Waals surface area contributed by atoms with Crippen LogP contribution in [0.25, 0.3) is 83.4 Å². The van der Waals surface area contributed by atoms with Crippen LogP contribution in [0.3, 0.4) is 0 Å². The van der Waals surface area contributed by atoms with Gasteiger partial charge in [-0.1, -0.05) is 253 Å². The molecule has 0 spiro atoms. The molecule has 0 radical (unpaired) electrons. The number of benzene rings is 11. The van der Waals surface area contributed by atoms with Gasteiger partial charge in [-0.15, -0.1) is 29.7 Å². The molecule has 3 heterocycles. The predicted octanol–water partition coefficient (Wildman–Crippen LogP) is 16.6. The normalized spacial score (nSPS) is 16.4. The maximum absolute atomic E-state index is 10.4. The van der Waals surface area contributed by atoms with Crippen molar-refractivity contribution in [1.82, 2.24) is 14.1 Å². The zero-order chi connectivity index (χ0) is 82.9. The van der Waals surface area contributed by atoms with Gasteiger partial charge in [0.15, 0.2) is 8.07 Å². The second-order valence-electron chi connectivity index (χ2n) is 22.3. The summed E-state index contributed by atoms with van der Waals surface area (Å²) >= 11 is 0. The van der Waals surface area contributed by atoms with Crippen LogP contribution in [0.2, 0.25) is 0 Å². The zero-order valence-electron chi connectivity index (χ0n) is 75.4. The first-order valence-corrected chi connectivity index (χ1v) is 29.3.